The van der Waals surface area contributed by atoms with Gasteiger partial charge in [-0.05, 0) is 20.8 Å². The van der Waals surface area contributed by atoms with E-state index in [9.17, 15) is 19.5 Å². The van der Waals surface area contributed by atoms with Crippen LogP contribution in [-0.4, -0.2) is 60.8 Å². The Morgan fingerprint density at radius 2 is 1.71 bits per heavy atom. The van der Waals surface area contributed by atoms with Gasteiger partial charge in [-0.25, -0.2) is 9.86 Å². The maximum Gasteiger partial charge on any atom is 0.410 e. The number of hydrogen-bond donors (Lipinski definition) is 0. The fraction of sp³-hybridized carbons (Fsp3) is 0.769. The molecule has 8 nitrogen and oxygen atoms in total. The number of rotatable bonds is 3. The first-order valence-electron chi connectivity index (χ1n) is 6.57. The Balaban J connectivity index is 2.84. The van der Waals surface area contributed by atoms with Crippen molar-refractivity contribution < 1.29 is 29.1 Å². The molecule has 0 aromatic rings. The molecule has 0 radical (unpaired) electrons. The maximum absolute atomic E-state index is 12.1. The van der Waals surface area contributed by atoms with Gasteiger partial charge in [0.15, 0.2) is 0 Å². The Bertz CT molecular complexity index is 431. The van der Waals surface area contributed by atoms with Crippen LogP contribution in [0, 0.1) is 11.8 Å². The first-order chi connectivity index (χ1) is 9.56. The Hall–Kier alpha value is -1.83. The minimum atomic E-state index is -1.37. The van der Waals surface area contributed by atoms with Crippen LogP contribution in [0.25, 0.3) is 0 Å². The molecule has 8 heteroatoms. The van der Waals surface area contributed by atoms with Crippen LogP contribution in [0.4, 0.5) is 4.79 Å². The summed E-state index contributed by atoms with van der Waals surface area (Å²) in [5.74, 6) is -3.88. The molecule has 1 fully saturated rings. The van der Waals surface area contributed by atoms with Crippen molar-refractivity contribution in [1.29, 1.82) is 0 Å². The zero-order valence-corrected chi connectivity index (χ0v) is 12.9. The third kappa shape index (κ3) is 4.32. The predicted octanol–water partition coefficient (Wildman–Crippen LogP) is -0.761. The van der Waals surface area contributed by atoms with E-state index >= 15 is 0 Å². The lowest BCUT2D eigenvalue weighted by Crippen LogP contribution is -2.42. The first kappa shape index (κ1) is 17.2. The largest absolute Gasteiger partial charge is 0.550 e. The molecule has 0 unspecified atom stereocenters. The Labute approximate surface area is 123 Å². The van der Waals surface area contributed by atoms with Gasteiger partial charge in [0.25, 0.3) is 5.91 Å². The Morgan fingerprint density at radius 3 is 2.14 bits per heavy atom. The monoisotopic (exact) mass is 301 g/mol. The molecule has 1 aliphatic heterocycles. The minimum absolute atomic E-state index is 0.0416. The summed E-state index contributed by atoms with van der Waals surface area (Å²) in [5, 5.41) is 12.1. The third-order valence-electron chi connectivity index (χ3n) is 3.18. The highest BCUT2D eigenvalue weighted by Crippen LogP contribution is 2.26. The van der Waals surface area contributed by atoms with Crippen LogP contribution in [-0.2, 0) is 19.2 Å². The van der Waals surface area contributed by atoms with Gasteiger partial charge in [-0.1, -0.05) is 0 Å². The van der Waals surface area contributed by atoms with E-state index in [-0.39, 0.29) is 13.1 Å². The molecule has 0 N–H and O–H groups in total. The van der Waals surface area contributed by atoms with Crippen LogP contribution >= 0.6 is 0 Å². The van der Waals surface area contributed by atoms with Crippen LogP contribution in [0.1, 0.15) is 20.8 Å². The van der Waals surface area contributed by atoms with Gasteiger partial charge in [0.2, 0.25) is 0 Å². The van der Waals surface area contributed by atoms with Crippen LogP contribution in [0.3, 0.4) is 0 Å². The fourth-order valence-electron chi connectivity index (χ4n) is 2.09. The number of carboxylic acid groups (broad SMARTS) is 1. The molecule has 120 valence electrons. The molecular weight excluding hydrogens is 280 g/mol. The number of nitrogens with zero attached hydrogens (tertiary/aromatic N) is 2. The number of carbonyl (C=O) groups is 3. The molecular formula is C13H21N2O6-. The van der Waals surface area contributed by atoms with Gasteiger partial charge < -0.3 is 19.5 Å². The number of likely N-dealkylation sites (tertiary alicyclic amines) is 1. The molecule has 1 aliphatic rings. The normalized spacial score (nSPS) is 22.0. The predicted molar refractivity (Wildman–Crippen MR) is 69.6 cm³/mol. The van der Waals surface area contributed by atoms with E-state index in [0.29, 0.717) is 0 Å². The second kappa shape index (κ2) is 6.30. The van der Waals surface area contributed by atoms with Gasteiger partial charge in [0.05, 0.1) is 13.0 Å². The molecule has 2 amide bonds. The van der Waals surface area contributed by atoms with Crippen molar-refractivity contribution in [3.63, 3.8) is 0 Å². The van der Waals surface area contributed by atoms with E-state index in [4.69, 9.17) is 9.57 Å². The lowest BCUT2D eigenvalue weighted by atomic mass is 9.95. The summed E-state index contributed by atoms with van der Waals surface area (Å²) in [5.41, 5.74) is -0.695. The second-order valence-corrected chi connectivity index (χ2v) is 5.94. The number of hydroxylamine groups is 2. The summed E-state index contributed by atoms with van der Waals surface area (Å²) in [6, 6.07) is 0. The molecule has 1 heterocycles. The van der Waals surface area contributed by atoms with Crippen molar-refractivity contribution in [2.24, 2.45) is 11.8 Å². The standard InChI is InChI=1S/C13H22N2O6/c1-13(2,3)21-12(19)15-6-8(9(7-15)11(17)18)10(16)14(4)20-5/h8-9H,6-7H2,1-5H3,(H,17,18)/p-1/t8-,9-/m0/s1. The van der Waals surface area contributed by atoms with Crippen molar-refractivity contribution in [3.8, 4) is 0 Å². The molecule has 0 bridgehead atoms. The van der Waals surface area contributed by atoms with Gasteiger partial charge in [0.1, 0.15) is 5.60 Å². The first-order valence-corrected chi connectivity index (χ1v) is 6.57. The van der Waals surface area contributed by atoms with Gasteiger partial charge in [-0.15, -0.1) is 0 Å². The summed E-state index contributed by atoms with van der Waals surface area (Å²) in [6.45, 7) is 4.96. The number of aliphatic carboxylic acids is 1. The second-order valence-electron chi connectivity index (χ2n) is 5.94. The highest BCUT2D eigenvalue weighted by molar-refractivity contribution is 5.85. The van der Waals surface area contributed by atoms with E-state index in [0.717, 1.165) is 5.06 Å². The third-order valence-corrected chi connectivity index (χ3v) is 3.18. The van der Waals surface area contributed by atoms with E-state index in [2.05, 4.69) is 0 Å². The smallest absolute Gasteiger partial charge is 0.410 e. The average molecular weight is 301 g/mol. The minimum Gasteiger partial charge on any atom is -0.550 e. The SMILES string of the molecule is CON(C)C(=O)[C@H]1CN(C(=O)OC(C)(C)C)C[C@@H]1C(=O)[O-]. The summed E-state index contributed by atoms with van der Waals surface area (Å²) in [6.07, 6.45) is -0.649. The van der Waals surface area contributed by atoms with Crippen LogP contribution < -0.4 is 5.11 Å². The number of amides is 2. The van der Waals surface area contributed by atoms with Crippen molar-refractivity contribution in [3.05, 3.63) is 0 Å². The zero-order valence-electron chi connectivity index (χ0n) is 12.9. The van der Waals surface area contributed by atoms with Crippen molar-refractivity contribution in [2.75, 3.05) is 27.2 Å². The van der Waals surface area contributed by atoms with E-state index in [1.807, 2.05) is 0 Å². The molecule has 0 aromatic heterocycles. The number of ether oxygens (including phenoxy) is 1. The molecule has 1 rings (SSSR count). The van der Waals surface area contributed by atoms with Gasteiger partial charge in [-0.2, -0.15) is 0 Å². The van der Waals surface area contributed by atoms with Crippen molar-refractivity contribution in [2.45, 2.75) is 26.4 Å². The summed E-state index contributed by atoms with van der Waals surface area (Å²) >= 11 is 0. The summed E-state index contributed by atoms with van der Waals surface area (Å²) in [7, 11) is 2.68. The van der Waals surface area contributed by atoms with E-state index < -0.39 is 35.4 Å². The Kier molecular flexibility index (Phi) is 5.16. The quantitative estimate of drug-likeness (QED) is 0.635. The lowest BCUT2D eigenvalue weighted by Gasteiger charge is -2.24. The highest BCUT2D eigenvalue weighted by atomic mass is 16.7. The van der Waals surface area contributed by atoms with Crippen molar-refractivity contribution >= 4 is 18.0 Å². The zero-order chi connectivity index (χ0) is 16.4. The van der Waals surface area contributed by atoms with Crippen LogP contribution in [0.15, 0.2) is 0 Å². The molecule has 2 atom stereocenters. The topological polar surface area (TPSA) is 99.2 Å². The number of hydrogen-bond acceptors (Lipinski definition) is 6. The maximum atomic E-state index is 12.1. The van der Waals surface area contributed by atoms with Gasteiger partial charge in [-0.3, -0.25) is 9.63 Å². The van der Waals surface area contributed by atoms with Crippen molar-refractivity contribution in [1.82, 2.24) is 9.96 Å². The fourth-order valence-corrected chi connectivity index (χ4v) is 2.09. The van der Waals surface area contributed by atoms with Gasteiger partial charge >= 0.3 is 6.09 Å². The highest BCUT2D eigenvalue weighted by Gasteiger charge is 2.42. The van der Waals surface area contributed by atoms with E-state index in [1.165, 1.54) is 19.1 Å². The number of carbonyl (C=O) groups excluding carboxylic acids is 3. The molecule has 0 aromatic carbocycles. The molecule has 0 aliphatic carbocycles. The molecule has 1 saturated heterocycles. The molecule has 0 saturated carbocycles. The van der Waals surface area contributed by atoms with Crippen LogP contribution in [0.5, 0.6) is 0 Å². The Morgan fingerprint density at radius 1 is 1.19 bits per heavy atom. The number of carboxylic acids is 1. The summed E-state index contributed by atoms with van der Waals surface area (Å²) in [4.78, 5) is 41.2. The molecule has 0 spiro atoms. The van der Waals surface area contributed by atoms with Crippen LogP contribution in [0.2, 0.25) is 0 Å². The average Bonchev–Trinajstić information content (AvgIpc) is 2.80. The van der Waals surface area contributed by atoms with E-state index in [1.54, 1.807) is 20.8 Å². The lowest BCUT2D eigenvalue weighted by molar-refractivity contribution is -0.312. The molecule has 21 heavy (non-hydrogen) atoms. The summed E-state index contributed by atoms with van der Waals surface area (Å²) < 4.78 is 5.18. The van der Waals surface area contributed by atoms with Gasteiger partial charge in [0, 0.05) is 32.0 Å².